The lowest BCUT2D eigenvalue weighted by atomic mass is 9.98. The van der Waals surface area contributed by atoms with E-state index in [1.807, 2.05) is 17.0 Å². The van der Waals surface area contributed by atoms with Gasteiger partial charge >= 0.3 is 0 Å². The van der Waals surface area contributed by atoms with Crippen LogP contribution in [0, 0.1) is 5.92 Å². The van der Waals surface area contributed by atoms with Crippen LogP contribution in [0.5, 0.6) is 0 Å². The van der Waals surface area contributed by atoms with E-state index < -0.39 is 0 Å². The van der Waals surface area contributed by atoms with Crippen LogP contribution in [-0.2, 0) is 11.2 Å². The number of hydrogen-bond donors (Lipinski definition) is 1. The average Bonchev–Trinajstić information content (AvgIpc) is 3.17. The molecule has 0 aliphatic carbocycles. The number of methoxy groups -OCH3 is 1. The van der Waals surface area contributed by atoms with Crippen molar-refractivity contribution in [3.05, 3.63) is 53.7 Å². The summed E-state index contributed by atoms with van der Waals surface area (Å²) in [7, 11) is 1.72. The molecule has 0 spiro atoms. The number of hydrogen-bond acceptors (Lipinski definition) is 5. The minimum Gasteiger partial charge on any atom is -0.384 e. The number of aromatic nitrogens is 1. The number of para-hydroxylation sites is 1. The van der Waals surface area contributed by atoms with E-state index in [4.69, 9.17) is 4.74 Å². The van der Waals surface area contributed by atoms with Gasteiger partial charge in [-0.25, -0.2) is 4.98 Å². The predicted octanol–water partition coefficient (Wildman–Crippen LogP) is 3.05. The van der Waals surface area contributed by atoms with Crippen molar-refractivity contribution >= 4 is 17.4 Å². The number of benzene rings is 1. The Kier molecular flexibility index (Phi) is 6.30. The Bertz CT molecular complexity index is 822. The number of nitrogens with zero attached hydrogens (tertiary/aromatic N) is 3. The van der Waals surface area contributed by atoms with Crippen LogP contribution < -0.4 is 10.2 Å². The number of nitrogens with one attached hydrogen (secondary N) is 1. The number of pyridine rings is 1. The van der Waals surface area contributed by atoms with Crippen LogP contribution in [0.25, 0.3) is 0 Å². The smallest absolute Gasteiger partial charge is 0.255 e. The summed E-state index contributed by atoms with van der Waals surface area (Å²) in [5, 5.41) is 3.38. The van der Waals surface area contributed by atoms with Crippen LogP contribution >= 0.6 is 0 Å². The molecule has 1 aromatic carbocycles. The maximum atomic E-state index is 12.8. The zero-order chi connectivity index (χ0) is 20.1. The zero-order valence-electron chi connectivity index (χ0n) is 17.1. The lowest BCUT2D eigenvalue weighted by Gasteiger charge is -2.32. The molecule has 0 saturated carbocycles. The van der Waals surface area contributed by atoms with Crippen molar-refractivity contribution in [2.75, 3.05) is 56.7 Å². The molecule has 29 heavy (non-hydrogen) atoms. The van der Waals surface area contributed by atoms with Gasteiger partial charge in [0, 0.05) is 51.7 Å². The van der Waals surface area contributed by atoms with Crippen LogP contribution in [0.1, 0.15) is 28.8 Å². The highest BCUT2D eigenvalue weighted by molar-refractivity contribution is 5.94. The SMILES string of the molecule is COCC1CCCN(C(=O)c2ccc(NCCN3CCc4ccccc43)nc2)C1. The van der Waals surface area contributed by atoms with E-state index in [0.717, 1.165) is 57.8 Å². The van der Waals surface area contributed by atoms with Gasteiger partial charge in [0.15, 0.2) is 0 Å². The number of carbonyl (C=O) groups is 1. The topological polar surface area (TPSA) is 57.7 Å². The molecule has 154 valence electrons. The normalized spacial score (nSPS) is 18.6. The molecule has 1 amide bonds. The Morgan fingerprint density at radius 2 is 2.14 bits per heavy atom. The lowest BCUT2D eigenvalue weighted by Crippen LogP contribution is -2.41. The highest BCUT2D eigenvalue weighted by atomic mass is 16.5. The minimum atomic E-state index is 0.0681. The number of fused-ring (bicyclic) bond motifs is 1. The fraction of sp³-hybridized carbons (Fsp3) is 0.478. The first-order chi connectivity index (χ1) is 14.2. The molecule has 6 nitrogen and oxygen atoms in total. The molecular weight excluding hydrogens is 364 g/mol. The van der Waals surface area contributed by atoms with Crippen molar-refractivity contribution in [2.45, 2.75) is 19.3 Å². The van der Waals surface area contributed by atoms with Crippen LogP contribution in [0.3, 0.4) is 0 Å². The second-order valence-corrected chi connectivity index (χ2v) is 7.94. The van der Waals surface area contributed by atoms with Gasteiger partial charge in [0.2, 0.25) is 0 Å². The molecule has 2 aliphatic heterocycles. The second-order valence-electron chi connectivity index (χ2n) is 7.94. The Balaban J connectivity index is 1.27. The second kappa shape index (κ2) is 9.27. The Labute approximate surface area is 172 Å². The summed E-state index contributed by atoms with van der Waals surface area (Å²) in [5.41, 5.74) is 3.43. The maximum absolute atomic E-state index is 12.8. The first-order valence-corrected chi connectivity index (χ1v) is 10.6. The predicted molar refractivity (Wildman–Crippen MR) is 116 cm³/mol. The molecule has 1 saturated heterocycles. The summed E-state index contributed by atoms with van der Waals surface area (Å²) in [5.74, 6) is 1.31. The van der Waals surface area contributed by atoms with Gasteiger partial charge in [-0.3, -0.25) is 4.79 Å². The number of rotatable bonds is 7. The minimum absolute atomic E-state index is 0.0681. The third-order valence-electron chi connectivity index (χ3n) is 5.89. The van der Waals surface area contributed by atoms with Gasteiger partial charge in [-0.2, -0.15) is 0 Å². The maximum Gasteiger partial charge on any atom is 0.255 e. The van der Waals surface area contributed by atoms with Crippen LogP contribution in [0.15, 0.2) is 42.6 Å². The number of amides is 1. The van der Waals surface area contributed by atoms with Crippen molar-refractivity contribution in [3.63, 3.8) is 0 Å². The molecule has 1 N–H and O–H groups in total. The van der Waals surface area contributed by atoms with E-state index >= 15 is 0 Å². The summed E-state index contributed by atoms with van der Waals surface area (Å²) in [6, 6.07) is 12.4. The molecule has 1 atom stereocenters. The fourth-order valence-electron chi connectivity index (χ4n) is 4.39. The van der Waals surface area contributed by atoms with Gasteiger partial charge in [-0.05, 0) is 48.9 Å². The molecule has 3 heterocycles. The number of ether oxygens (including phenoxy) is 1. The first-order valence-electron chi connectivity index (χ1n) is 10.6. The van der Waals surface area contributed by atoms with E-state index in [0.29, 0.717) is 18.1 Å². The quantitative estimate of drug-likeness (QED) is 0.782. The van der Waals surface area contributed by atoms with Gasteiger partial charge in [0.05, 0.1) is 12.2 Å². The van der Waals surface area contributed by atoms with E-state index in [9.17, 15) is 4.79 Å². The summed E-state index contributed by atoms with van der Waals surface area (Å²) >= 11 is 0. The van der Waals surface area contributed by atoms with Crippen LogP contribution in [-0.4, -0.2) is 62.2 Å². The van der Waals surface area contributed by atoms with E-state index in [1.54, 1.807) is 13.3 Å². The highest BCUT2D eigenvalue weighted by Gasteiger charge is 2.24. The van der Waals surface area contributed by atoms with Gasteiger partial charge in [0.25, 0.3) is 5.91 Å². The van der Waals surface area contributed by atoms with Crippen LogP contribution in [0.2, 0.25) is 0 Å². The summed E-state index contributed by atoms with van der Waals surface area (Å²) in [6.45, 7) is 5.13. The molecule has 6 heteroatoms. The van der Waals surface area contributed by atoms with Crippen molar-refractivity contribution in [2.24, 2.45) is 5.92 Å². The van der Waals surface area contributed by atoms with Crippen LogP contribution in [0.4, 0.5) is 11.5 Å². The number of likely N-dealkylation sites (tertiary alicyclic amines) is 1. The number of anilines is 2. The van der Waals surface area contributed by atoms with Crippen molar-refractivity contribution in [3.8, 4) is 0 Å². The molecule has 1 unspecified atom stereocenters. The van der Waals surface area contributed by atoms with E-state index in [1.165, 1.54) is 11.3 Å². The molecule has 0 radical (unpaired) electrons. The van der Waals surface area contributed by atoms with Crippen molar-refractivity contribution in [1.82, 2.24) is 9.88 Å². The van der Waals surface area contributed by atoms with Crippen molar-refractivity contribution in [1.29, 1.82) is 0 Å². The van der Waals surface area contributed by atoms with Gasteiger partial charge in [-0.15, -0.1) is 0 Å². The Morgan fingerprint density at radius 3 is 2.97 bits per heavy atom. The van der Waals surface area contributed by atoms with E-state index in [-0.39, 0.29) is 5.91 Å². The lowest BCUT2D eigenvalue weighted by molar-refractivity contribution is 0.0570. The molecule has 2 aromatic rings. The summed E-state index contributed by atoms with van der Waals surface area (Å²) < 4.78 is 5.26. The molecule has 2 aliphatic rings. The van der Waals surface area contributed by atoms with Gasteiger partial charge in [0.1, 0.15) is 5.82 Å². The van der Waals surface area contributed by atoms with E-state index in [2.05, 4.69) is 39.5 Å². The van der Waals surface area contributed by atoms with Crippen molar-refractivity contribution < 1.29 is 9.53 Å². The number of carbonyl (C=O) groups excluding carboxylic acids is 1. The molecule has 1 aromatic heterocycles. The van der Waals surface area contributed by atoms with Gasteiger partial charge in [-0.1, -0.05) is 18.2 Å². The zero-order valence-corrected chi connectivity index (χ0v) is 17.1. The Hall–Kier alpha value is -2.60. The third kappa shape index (κ3) is 4.70. The molecule has 4 rings (SSSR count). The number of piperidine rings is 1. The molecular formula is C23H30N4O2. The molecule has 0 bridgehead atoms. The summed E-state index contributed by atoms with van der Waals surface area (Å²) in [6.07, 6.45) is 4.97. The summed E-state index contributed by atoms with van der Waals surface area (Å²) in [4.78, 5) is 21.6. The molecule has 1 fully saturated rings. The Morgan fingerprint density at radius 1 is 1.24 bits per heavy atom. The highest BCUT2D eigenvalue weighted by Crippen LogP contribution is 2.26. The standard InChI is InChI=1S/C23H30N4O2/c1-29-17-18-5-4-12-27(16-18)23(28)20-8-9-22(25-15-20)24-11-14-26-13-10-19-6-2-3-7-21(19)26/h2-3,6-9,15,18H,4-5,10-14,16-17H2,1H3,(H,24,25). The fourth-order valence-corrected chi connectivity index (χ4v) is 4.39. The monoisotopic (exact) mass is 394 g/mol. The largest absolute Gasteiger partial charge is 0.384 e. The van der Waals surface area contributed by atoms with Gasteiger partial charge < -0.3 is 19.9 Å². The first kappa shape index (κ1) is 19.7. The average molecular weight is 395 g/mol. The third-order valence-corrected chi connectivity index (χ3v) is 5.89.